The van der Waals surface area contributed by atoms with Crippen LogP contribution >= 0.6 is 0 Å². The van der Waals surface area contributed by atoms with Gasteiger partial charge >= 0.3 is 0 Å². The van der Waals surface area contributed by atoms with Crippen LogP contribution in [0.1, 0.15) is 0 Å². The maximum absolute atomic E-state index is 5.26. The molecule has 0 spiro atoms. The largest absolute Gasteiger partial charge is 0.305 e. The molecule has 0 aliphatic carbocycles. The standard InChI is InChI=1S/C55H34N8/c1-3-14-35(15-4-1)45-32-52(60-54(59-45)36-16-5-2-6-17-36)62-46-21-10-7-18-40(46)42-27-25-38(31-51(42)62)37-26-28-49-44(30-37)41-19-8-11-22-47(41)63(49)55-57-33-39(34-58-55)61-48-23-12-9-20-43(48)53-50(61)24-13-29-56-53/h1-34H. The first-order valence-electron chi connectivity index (χ1n) is 21.0. The Morgan fingerprint density at radius 3 is 1.67 bits per heavy atom. The van der Waals surface area contributed by atoms with E-state index in [0.29, 0.717) is 11.8 Å². The van der Waals surface area contributed by atoms with Crippen LogP contribution < -0.4 is 0 Å². The highest BCUT2D eigenvalue weighted by Gasteiger charge is 2.20. The fourth-order valence-electron chi connectivity index (χ4n) is 9.39. The molecule has 7 aromatic carbocycles. The third-order valence-electron chi connectivity index (χ3n) is 12.2. The van der Waals surface area contributed by atoms with E-state index < -0.39 is 0 Å². The highest BCUT2D eigenvalue weighted by Crippen LogP contribution is 2.39. The lowest BCUT2D eigenvalue weighted by molar-refractivity contribution is 0.967. The van der Waals surface area contributed by atoms with Crippen molar-refractivity contribution in [1.82, 2.24) is 38.6 Å². The zero-order valence-electron chi connectivity index (χ0n) is 33.7. The third kappa shape index (κ3) is 5.52. The molecule has 13 rings (SSSR count). The van der Waals surface area contributed by atoms with E-state index in [-0.39, 0.29) is 0 Å². The molecular formula is C55H34N8. The van der Waals surface area contributed by atoms with Crippen LogP contribution in [0.15, 0.2) is 207 Å². The number of para-hydroxylation sites is 3. The van der Waals surface area contributed by atoms with Crippen molar-refractivity contribution in [1.29, 1.82) is 0 Å². The van der Waals surface area contributed by atoms with Gasteiger partial charge in [-0.3, -0.25) is 14.1 Å². The van der Waals surface area contributed by atoms with E-state index in [2.05, 4.69) is 171 Å². The maximum Gasteiger partial charge on any atom is 0.234 e. The van der Waals surface area contributed by atoms with Crippen molar-refractivity contribution in [3.63, 3.8) is 0 Å². The summed E-state index contributed by atoms with van der Waals surface area (Å²) < 4.78 is 6.64. The molecule has 0 bridgehead atoms. The van der Waals surface area contributed by atoms with Gasteiger partial charge in [-0.15, -0.1) is 0 Å². The number of benzene rings is 7. The van der Waals surface area contributed by atoms with Gasteiger partial charge in [-0.1, -0.05) is 133 Å². The van der Waals surface area contributed by atoms with Crippen LogP contribution in [0.25, 0.3) is 117 Å². The summed E-state index contributed by atoms with van der Waals surface area (Å²) in [4.78, 5) is 25.1. The van der Waals surface area contributed by atoms with Crippen LogP contribution in [0, 0.1) is 0 Å². The molecular weight excluding hydrogens is 773 g/mol. The molecule has 0 amide bonds. The van der Waals surface area contributed by atoms with Crippen LogP contribution in [0.5, 0.6) is 0 Å². The van der Waals surface area contributed by atoms with Crippen molar-refractivity contribution < 1.29 is 0 Å². The van der Waals surface area contributed by atoms with Gasteiger partial charge in [-0.2, -0.15) is 0 Å². The van der Waals surface area contributed by atoms with Crippen molar-refractivity contribution in [2.75, 3.05) is 0 Å². The summed E-state index contributed by atoms with van der Waals surface area (Å²) in [5.74, 6) is 2.10. The minimum absolute atomic E-state index is 0.608. The molecule has 6 aromatic heterocycles. The zero-order valence-corrected chi connectivity index (χ0v) is 33.7. The van der Waals surface area contributed by atoms with Gasteiger partial charge in [-0.25, -0.2) is 19.9 Å². The number of fused-ring (bicyclic) bond motifs is 9. The van der Waals surface area contributed by atoms with Crippen LogP contribution in [0.2, 0.25) is 0 Å². The number of pyridine rings is 1. The number of aromatic nitrogens is 8. The van der Waals surface area contributed by atoms with Crippen molar-refractivity contribution in [2.45, 2.75) is 0 Å². The average Bonchev–Trinajstić information content (AvgIpc) is 4.00. The van der Waals surface area contributed by atoms with E-state index in [9.17, 15) is 0 Å². The number of hydrogen-bond donors (Lipinski definition) is 0. The monoisotopic (exact) mass is 806 g/mol. The van der Waals surface area contributed by atoms with E-state index in [0.717, 1.165) is 99.6 Å². The second-order valence-corrected chi connectivity index (χ2v) is 15.8. The van der Waals surface area contributed by atoms with Gasteiger partial charge in [0.05, 0.1) is 62.4 Å². The molecule has 13 aromatic rings. The molecule has 0 radical (unpaired) electrons. The van der Waals surface area contributed by atoms with Gasteiger partial charge in [0, 0.05) is 50.3 Å². The number of nitrogens with zero attached hydrogens (tertiary/aromatic N) is 8. The first-order valence-corrected chi connectivity index (χ1v) is 21.0. The van der Waals surface area contributed by atoms with Crippen molar-refractivity contribution in [3.8, 4) is 51.2 Å². The highest BCUT2D eigenvalue weighted by molar-refractivity contribution is 6.12. The summed E-state index contributed by atoms with van der Waals surface area (Å²) in [7, 11) is 0. The predicted octanol–water partition coefficient (Wildman–Crippen LogP) is 13.0. The molecule has 63 heavy (non-hydrogen) atoms. The van der Waals surface area contributed by atoms with Gasteiger partial charge in [0.1, 0.15) is 5.82 Å². The highest BCUT2D eigenvalue weighted by atomic mass is 15.2. The summed E-state index contributed by atoms with van der Waals surface area (Å²) in [5, 5.41) is 5.68. The van der Waals surface area contributed by atoms with Gasteiger partial charge in [-0.05, 0) is 59.7 Å². The van der Waals surface area contributed by atoms with E-state index in [1.165, 1.54) is 5.39 Å². The van der Waals surface area contributed by atoms with Crippen molar-refractivity contribution in [2.24, 2.45) is 0 Å². The SMILES string of the molecule is c1ccc(-c2cc(-n3c4ccccc4c4ccc(-c5ccc6c(c5)c5ccccc5n6-c5ncc(-n6c7ccccc7c7ncccc76)cn5)cc43)nc(-c3ccccc3)n2)cc1. The Balaban J connectivity index is 0.957. The first-order chi connectivity index (χ1) is 31.2. The number of hydrogen-bond acceptors (Lipinski definition) is 5. The topological polar surface area (TPSA) is 79.2 Å². The summed E-state index contributed by atoms with van der Waals surface area (Å²) in [5.41, 5.74) is 13.2. The normalized spacial score (nSPS) is 11.8. The molecule has 0 fully saturated rings. The molecule has 0 aliphatic heterocycles. The molecule has 8 heteroatoms. The van der Waals surface area contributed by atoms with Crippen molar-refractivity contribution in [3.05, 3.63) is 207 Å². The van der Waals surface area contributed by atoms with Gasteiger partial charge < -0.3 is 4.57 Å². The van der Waals surface area contributed by atoms with Gasteiger partial charge in [0.15, 0.2) is 5.82 Å². The maximum atomic E-state index is 5.26. The van der Waals surface area contributed by atoms with Crippen LogP contribution in [0.4, 0.5) is 0 Å². The van der Waals surface area contributed by atoms with Crippen molar-refractivity contribution >= 4 is 65.5 Å². The molecule has 8 nitrogen and oxygen atoms in total. The van der Waals surface area contributed by atoms with Crippen LogP contribution in [0.3, 0.4) is 0 Å². The quantitative estimate of drug-likeness (QED) is 0.167. The Kier molecular flexibility index (Phi) is 7.74. The Hall–Kier alpha value is -8.75. The van der Waals surface area contributed by atoms with E-state index in [4.69, 9.17) is 24.9 Å². The summed E-state index contributed by atoms with van der Waals surface area (Å²) in [6, 6.07) is 65.6. The molecule has 0 unspecified atom stereocenters. The molecule has 0 saturated heterocycles. The Morgan fingerprint density at radius 1 is 0.333 bits per heavy atom. The van der Waals surface area contributed by atoms with E-state index in [1.54, 1.807) is 0 Å². The smallest absolute Gasteiger partial charge is 0.234 e. The third-order valence-corrected chi connectivity index (χ3v) is 12.2. The molecule has 6 heterocycles. The molecule has 0 aliphatic rings. The average molecular weight is 807 g/mol. The predicted molar refractivity (Wildman–Crippen MR) is 255 cm³/mol. The summed E-state index contributed by atoms with van der Waals surface area (Å²) in [6.07, 6.45) is 5.66. The van der Waals surface area contributed by atoms with Gasteiger partial charge in [0.25, 0.3) is 0 Å². The second-order valence-electron chi connectivity index (χ2n) is 15.8. The number of rotatable bonds is 6. The minimum atomic E-state index is 0.608. The minimum Gasteiger partial charge on any atom is -0.305 e. The Labute approximate surface area is 360 Å². The lowest BCUT2D eigenvalue weighted by atomic mass is 10.0. The fourth-order valence-corrected chi connectivity index (χ4v) is 9.39. The van der Waals surface area contributed by atoms with E-state index in [1.807, 2.05) is 48.9 Å². The second kappa shape index (κ2) is 13.9. The Bertz CT molecular complexity index is 3790. The lowest BCUT2D eigenvalue weighted by Gasteiger charge is -2.12. The molecule has 0 atom stereocenters. The Morgan fingerprint density at radius 2 is 0.905 bits per heavy atom. The molecule has 0 N–H and O–H groups in total. The molecule has 0 saturated carbocycles. The van der Waals surface area contributed by atoms with Crippen LogP contribution in [-0.2, 0) is 0 Å². The summed E-state index contributed by atoms with van der Waals surface area (Å²) in [6.45, 7) is 0. The fraction of sp³-hybridized carbons (Fsp3) is 0. The van der Waals surface area contributed by atoms with Crippen LogP contribution in [-0.4, -0.2) is 38.6 Å². The lowest BCUT2D eigenvalue weighted by Crippen LogP contribution is -2.03. The first kappa shape index (κ1) is 35.0. The summed E-state index contributed by atoms with van der Waals surface area (Å²) >= 11 is 0. The molecule has 294 valence electrons. The zero-order chi connectivity index (χ0) is 41.4. The van der Waals surface area contributed by atoms with Gasteiger partial charge in [0.2, 0.25) is 5.95 Å². The van der Waals surface area contributed by atoms with E-state index >= 15 is 0 Å².